The first-order chi connectivity index (χ1) is 14.4. The molecule has 0 spiro atoms. The standard InChI is InChI=1S/C24H31BrN2O3/c1-4-5-14-26-24(29)19(3)27(15-13-20-9-7-6-8-10-20)23(28)17-30-21-11-12-22(25)18(2)16-21/h6-12,16,19H,4-5,13-15,17H2,1-3H3,(H,26,29)/t19-/m0/s1. The highest BCUT2D eigenvalue weighted by molar-refractivity contribution is 9.10. The molecule has 6 heteroatoms. The van der Waals surface area contributed by atoms with Crippen molar-refractivity contribution in [2.45, 2.75) is 46.1 Å². The molecule has 1 N–H and O–H groups in total. The molecule has 0 unspecified atom stereocenters. The van der Waals surface area contributed by atoms with Gasteiger partial charge in [-0.15, -0.1) is 0 Å². The summed E-state index contributed by atoms with van der Waals surface area (Å²) in [5.74, 6) is 0.293. The van der Waals surface area contributed by atoms with Crippen LogP contribution in [0.3, 0.4) is 0 Å². The summed E-state index contributed by atoms with van der Waals surface area (Å²) in [6.07, 6.45) is 2.60. The van der Waals surface area contributed by atoms with Gasteiger partial charge in [0.05, 0.1) is 0 Å². The quantitative estimate of drug-likeness (QED) is 0.487. The number of benzene rings is 2. The van der Waals surface area contributed by atoms with E-state index in [9.17, 15) is 9.59 Å². The van der Waals surface area contributed by atoms with Gasteiger partial charge in [-0.3, -0.25) is 9.59 Å². The van der Waals surface area contributed by atoms with Gasteiger partial charge in [0.15, 0.2) is 6.61 Å². The zero-order chi connectivity index (χ0) is 21.9. The molecule has 0 fully saturated rings. The Kier molecular flexibility index (Phi) is 9.87. The Bertz CT molecular complexity index is 826. The lowest BCUT2D eigenvalue weighted by atomic mass is 10.1. The summed E-state index contributed by atoms with van der Waals surface area (Å²) in [5, 5.41) is 2.93. The average molecular weight is 475 g/mol. The van der Waals surface area contributed by atoms with E-state index in [4.69, 9.17) is 4.74 Å². The molecule has 30 heavy (non-hydrogen) atoms. The summed E-state index contributed by atoms with van der Waals surface area (Å²) < 4.78 is 6.71. The Morgan fingerprint density at radius 1 is 1.17 bits per heavy atom. The second-order valence-corrected chi connectivity index (χ2v) is 8.20. The van der Waals surface area contributed by atoms with Gasteiger partial charge in [-0.05, 0) is 56.0 Å². The number of nitrogens with zero attached hydrogens (tertiary/aromatic N) is 1. The van der Waals surface area contributed by atoms with Crippen molar-refractivity contribution in [3.8, 4) is 5.75 Å². The van der Waals surface area contributed by atoms with Gasteiger partial charge in [0.1, 0.15) is 11.8 Å². The van der Waals surface area contributed by atoms with Crippen LogP contribution in [0.15, 0.2) is 53.0 Å². The van der Waals surface area contributed by atoms with Crippen LogP contribution in [0.25, 0.3) is 0 Å². The minimum atomic E-state index is -0.562. The van der Waals surface area contributed by atoms with E-state index in [1.54, 1.807) is 11.8 Å². The van der Waals surface area contributed by atoms with Crippen LogP contribution in [-0.2, 0) is 16.0 Å². The number of aryl methyl sites for hydroxylation is 1. The highest BCUT2D eigenvalue weighted by Gasteiger charge is 2.26. The van der Waals surface area contributed by atoms with Crippen molar-refractivity contribution < 1.29 is 14.3 Å². The van der Waals surface area contributed by atoms with E-state index in [2.05, 4.69) is 28.2 Å². The van der Waals surface area contributed by atoms with Crippen molar-refractivity contribution >= 4 is 27.7 Å². The summed E-state index contributed by atoms with van der Waals surface area (Å²) in [6.45, 7) is 6.78. The fraction of sp³-hybridized carbons (Fsp3) is 0.417. The Hall–Kier alpha value is -2.34. The van der Waals surface area contributed by atoms with Gasteiger partial charge in [0, 0.05) is 17.6 Å². The molecule has 162 valence electrons. The van der Waals surface area contributed by atoms with Gasteiger partial charge in [0.25, 0.3) is 5.91 Å². The smallest absolute Gasteiger partial charge is 0.261 e. The lowest BCUT2D eigenvalue weighted by Crippen LogP contribution is -2.50. The van der Waals surface area contributed by atoms with Crippen LogP contribution in [0, 0.1) is 6.92 Å². The van der Waals surface area contributed by atoms with Gasteiger partial charge in [-0.1, -0.05) is 59.6 Å². The summed E-state index contributed by atoms with van der Waals surface area (Å²) in [4.78, 5) is 27.2. The number of carbonyl (C=O) groups is 2. The molecule has 2 rings (SSSR count). The molecule has 1 atom stereocenters. The van der Waals surface area contributed by atoms with E-state index in [0.717, 1.165) is 28.4 Å². The highest BCUT2D eigenvalue weighted by Crippen LogP contribution is 2.21. The Morgan fingerprint density at radius 2 is 1.90 bits per heavy atom. The summed E-state index contributed by atoms with van der Waals surface area (Å²) in [6, 6.07) is 15.0. The minimum Gasteiger partial charge on any atom is -0.484 e. The van der Waals surface area contributed by atoms with Gasteiger partial charge >= 0.3 is 0 Å². The maximum Gasteiger partial charge on any atom is 0.261 e. The van der Waals surface area contributed by atoms with Crippen molar-refractivity contribution in [1.29, 1.82) is 0 Å². The first kappa shape index (κ1) is 23.9. The molecule has 2 aromatic rings. The van der Waals surface area contributed by atoms with Crippen LogP contribution < -0.4 is 10.1 Å². The van der Waals surface area contributed by atoms with Crippen molar-refractivity contribution in [3.05, 3.63) is 64.1 Å². The van der Waals surface area contributed by atoms with E-state index in [0.29, 0.717) is 25.3 Å². The first-order valence-electron chi connectivity index (χ1n) is 10.4. The predicted octanol–water partition coefficient (Wildman–Crippen LogP) is 4.51. The molecule has 0 bridgehead atoms. The molecule has 0 aliphatic carbocycles. The SMILES string of the molecule is CCCCNC(=O)[C@H](C)N(CCc1ccccc1)C(=O)COc1ccc(Br)c(C)c1. The first-order valence-corrected chi connectivity index (χ1v) is 11.2. The number of rotatable bonds is 11. The van der Waals surface area contributed by atoms with Crippen LogP contribution in [0.5, 0.6) is 5.75 Å². The fourth-order valence-electron chi connectivity index (χ4n) is 3.04. The van der Waals surface area contributed by atoms with Crippen molar-refractivity contribution in [3.63, 3.8) is 0 Å². The number of ether oxygens (including phenoxy) is 1. The molecule has 0 aromatic heterocycles. The van der Waals surface area contributed by atoms with E-state index in [-0.39, 0.29) is 18.4 Å². The molecule has 0 saturated heterocycles. The van der Waals surface area contributed by atoms with Crippen molar-refractivity contribution in [2.75, 3.05) is 19.7 Å². The maximum atomic E-state index is 13.0. The number of unbranched alkanes of at least 4 members (excludes halogenated alkanes) is 1. The molecule has 2 aromatic carbocycles. The summed E-state index contributed by atoms with van der Waals surface area (Å²) in [7, 11) is 0. The lowest BCUT2D eigenvalue weighted by Gasteiger charge is -2.28. The number of hydrogen-bond acceptors (Lipinski definition) is 3. The monoisotopic (exact) mass is 474 g/mol. The number of halogens is 1. The van der Waals surface area contributed by atoms with Crippen LogP contribution in [0.2, 0.25) is 0 Å². The topological polar surface area (TPSA) is 58.6 Å². The average Bonchev–Trinajstić information content (AvgIpc) is 2.75. The molecular formula is C24H31BrN2O3. The predicted molar refractivity (Wildman–Crippen MR) is 124 cm³/mol. The van der Waals surface area contributed by atoms with Crippen molar-refractivity contribution in [2.24, 2.45) is 0 Å². The zero-order valence-electron chi connectivity index (χ0n) is 18.0. The van der Waals surface area contributed by atoms with E-state index in [1.807, 2.05) is 55.5 Å². The Balaban J connectivity index is 2.04. The molecule has 0 radical (unpaired) electrons. The van der Waals surface area contributed by atoms with E-state index in [1.165, 1.54) is 0 Å². The van der Waals surface area contributed by atoms with Crippen molar-refractivity contribution in [1.82, 2.24) is 10.2 Å². The number of nitrogens with one attached hydrogen (secondary N) is 1. The molecule has 2 amide bonds. The third kappa shape index (κ3) is 7.48. The largest absolute Gasteiger partial charge is 0.484 e. The third-order valence-corrected chi connectivity index (χ3v) is 5.86. The summed E-state index contributed by atoms with van der Waals surface area (Å²) in [5.41, 5.74) is 2.16. The van der Waals surface area contributed by atoms with Crippen LogP contribution in [-0.4, -0.2) is 42.5 Å². The third-order valence-electron chi connectivity index (χ3n) is 4.97. The number of hydrogen-bond donors (Lipinski definition) is 1. The maximum absolute atomic E-state index is 13.0. The molecule has 5 nitrogen and oxygen atoms in total. The van der Waals surface area contributed by atoms with E-state index >= 15 is 0 Å². The lowest BCUT2D eigenvalue weighted by molar-refractivity contribution is -0.141. The Morgan fingerprint density at radius 3 is 2.57 bits per heavy atom. The van der Waals surface area contributed by atoms with E-state index < -0.39 is 6.04 Å². The summed E-state index contributed by atoms with van der Waals surface area (Å²) >= 11 is 3.46. The van der Waals surface area contributed by atoms with Crippen LogP contribution in [0.1, 0.15) is 37.8 Å². The minimum absolute atomic E-state index is 0.109. The molecule has 0 aliphatic heterocycles. The molecular weight excluding hydrogens is 444 g/mol. The van der Waals surface area contributed by atoms with Gasteiger partial charge in [-0.25, -0.2) is 0 Å². The fourth-order valence-corrected chi connectivity index (χ4v) is 3.29. The van der Waals surface area contributed by atoms with Gasteiger partial charge in [-0.2, -0.15) is 0 Å². The Labute approximate surface area is 187 Å². The highest BCUT2D eigenvalue weighted by atomic mass is 79.9. The normalized spacial score (nSPS) is 11.6. The number of amides is 2. The van der Waals surface area contributed by atoms with Crippen LogP contribution in [0.4, 0.5) is 0 Å². The second-order valence-electron chi connectivity index (χ2n) is 7.34. The molecule has 0 aliphatic rings. The van der Waals surface area contributed by atoms with Crippen LogP contribution >= 0.6 is 15.9 Å². The van der Waals surface area contributed by atoms with Gasteiger partial charge in [0.2, 0.25) is 5.91 Å². The molecule has 0 saturated carbocycles. The van der Waals surface area contributed by atoms with Gasteiger partial charge < -0.3 is 15.0 Å². The second kappa shape index (κ2) is 12.4. The zero-order valence-corrected chi connectivity index (χ0v) is 19.6. The number of carbonyl (C=O) groups excluding carboxylic acids is 2. The molecule has 0 heterocycles.